The number of hydrogen-bond acceptors (Lipinski definition) is 8. The van der Waals surface area contributed by atoms with Crippen molar-refractivity contribution in [2.45, 2.75) is 52.6 Å². The second kappa shape index (κ2) is 8.22. The van der Waals surface area contributed by atoms with Gasteiger partial charge in [-0.1, -0.05) is 13.8 Å². The van der Waals surface area contributed by atoms with Gasteiger partial charge in [-0.05, 0) is 67.9 Å². The van der Waals surface area contributed by atoms with Gasteiger partial charge >= 0.3 is 5.97 Å². The summed E-state index contributed by atoms with van der Waals surface area (Å²) in [4.78, 5) is 21.7. The molecule has 8 nitrogen and oxygen atoms in total. The van der Waals surface area contributed by atoms with Crippen molar-refractivity contribution in [2.24, 2.45) is 11.3 Å². The number of aryl methyl sites for hydroxylation is 2. The summed E-state index contributed by atoms with van der Waals surface area (Å²) in [5.74, 6) is -0.0133. The molecule has 0 bridgehead atoms. The Morgan fingerprint density at radius 1 is 1.16 bits per heavy atom. The summed E-state index contributed by atoms with van der Waals surface area (Å²) >= 11 is 1.40. The van der Waals surface area contributed by atoms with Crippen LogP contribution in [0.3, 0.4) is 0 Å². The van der Waals surface area contributed by atoms with E-state index in [1.165, 1.54) is 11.3 Å². The van der Waals surface area contributed by atoms with Crippen molar-refractivity contribution in [1.82, 2.24) is 20.2 Å². The second-order valence-electron chi connectivity index (χ2n) is 9.31. The van der Waals surface area contributed by atoms with Gasteiger partial charge < -0.3 is 15.5 Å². The number of pyridine rings is 1. The molecular formula is C23H27N5O3S. The Balaban J connectivity index is 1.60. The van der Waals surface area contributed by atoms with Crippen LogP contribution in [0.15, 0.2) is 30.6 Å². The lowest BCUT2D eigenvalue weighted by atomic mass is 9.63. The summed E-state index contributed by atoms with van der Waals surface area (Å²) < 4.78 is 0. The zero-order valence-corrected chi connectivity index (χ0v) is 19.4. The molecule has 0 unspecified atom stereocenters. The molecule has 32 heavy (non-hydrogen) atoms. The van der Waals surface area contributed by atoms with Gasteiger partial charge in [-0.3, -0.25) is 4.79 Å². The second-order valence-corrected chi connectivity index (χ2v) is 10.3. The van der Waals surface area contributed by atoms with Gasteiger partial charge in [0.15, 0.2) is 5.82 Å². The quantitative estimate of drug-likeness (QED) is 0.518. The number of aliphatic carboxylic acids is 1. The highest BCUT2D eigenvalue weighted by molar-refractivity contribution is 7.15. The van der Waals surface area contributed by atoms with E-state index >= 15 is 0 Å². The van der Waals surface area contributed by atoms with Crippen LogP contribution in [0, 0.1) is 25.2 Å². The third kappa shape index (κ3) is 4.49. The number of rotatable bonds is 5. The normalized spacial score (nSPS) is 22.5. The Labute approximate surface area is 190 Å². The molecule has 1 aliphatic rings. The molecule has 1 saturated carbocycles. The maximum atomic E-state index is 11.6. The third-order valence-corrected chi connectivity index (χ3v) is 7.22. The molecule has 3 aromatic rings. The maximum absolute atomic E-state index is 11.6. The highest BCUT2D eigenvalue weighted by Crippen LogP contribution is 2.50. The van der Waals surface area contributed by atoms with Crippen LogP contribution >= 0.6 is 11.3 Å². The summed E-state index contributed by atoms with van der Waals surface area (Å²) in [6, 6.07) is 5.80. The highest BCUT2D eigenvalue weighted by Gasteiger charge is 2.49. The van der Waals surface area contributed by atoms with E-state index in [0.29, 0.717) is 35.9 Å². The van der Waals surface area contributed by atoms with Crippen LogP contribution < -0.4 is 5.32 Å². The molecular weight excluding hydrogens is 426 g/mol. The molecule has 1 aliphatic carbocycles. The molecule has 3 N–H and O–H groups in total. The molecule has 9 heteroatoms. The van der Waals surface area contributed by atoms with Crippen LogP contribution in [-0.2, 0) is 10.4 Å². The van der Waals surface area contributed by atoms with Crippen LogP contribution in [0.4, 0.5) is 11.6 Å². The largest absolute Gasteiger partial charge is 0.481 e. The average Bonchev–Trinajstić information content (AvgIpc) is 3.17. The van der Waals surface area contributed by atoms with Gasteiger partial charge in [-0.15, -0.1) is 16.4 Å². The van der Waals surface area contributed by atoms with Crippen LogP contribution in [0.5, 0.6) is 0 Å². The fourth-order valence-electron chi connectivity index (χ4n) is 4.50. The van der Waals surface area contributed by atoms with Gasteiger partial charge in [0.05, 0.1) is 22.7 Å². The van der Waals surface area contributed by atoms with Crippen molar-refractivity contribution >= 4 is 28.9 Å². The molecule has 168 valence electrons. The number of nitrogens with zero attached hydrogens (tertiary/aromatic N) is 4. The first-order valence-corrected chi connectivity index (χ1v) is 11.3. The van der Waals surface area contributed by atoms with Gasteiger partial charge in [0.2, 0.25) is 0 Å². The van der Waals surface area contributed by atoms with Crippen molar-refractivity contribution in [3.63, 3.8) is 0 Å². The Hall–Kier alpha value is -2.91. The summed E-state index contributed by atoms with van der Waals surface area (Å²) in [5.41, 5.74) is 1.10. The summed E-state index contributed by atoms with van der Waals surface area (Å²) in [7, 11) is 0. The zero-order valence-electron chi connectivity index (χ0n) is 18.6. The summed E-state index contributed by atoms with van der Waals surface area (Å²) in [6.45, 7) is 7.74. The third-order valence-electron chi connectivity index (χ3n) is 6.01. The van der Waals surface area contributed by atoms with Crippen molar-refractivity contribution in [3.05, 3.63) is 46.7 Å². The fourth-order valence-corrected chi connectivity index (χ4v) is 5.49. The predicted molar refractivity (Wildman–Crippen MR) is 123 cm³/mol. The molecule has 0 radical (unpaired) electrons. The van der Waals surface area contributed by atoms with Crippen LogP contribution in [0.2, 0.25) is 0 Å². The summed E-state index contributed by atoms with van der Waals surface area (Å²) in [5, 5.41) is 32.7. The number of anilines is 2. The highest BCUT2D eigenvalue weighted by atomic mass is 32.1. The lowest BCUT2D eigenvalue weighted by Crippen LogP contribution is -2.44. The van der Waals surface area contributed by atoms with Crippen LogP contribution in [0.25, 0.3) is 10.6 Å². The molecule has 2 atom stereocenters. The first kappa shape index (κ1) is 22.3. The van der Waals surface area contributed by atoms with E-state index < -0.39 is 22.9 Å². The van der Waals surface area contributed by atoms with E-state index in [1.807, 2.05) is 45.9 Å². The fraction of sp³-hybridized carbons (Fsp3) is 0.435. The minimum Gasteiger partial charge on any atom is -0.481 e. The molecule has 0 spiro atoms. The van der Waals surface area contributed by atoms with Crippen LogP contribution in [-0.4, -0.2) is 36.3 Å². The topological polar surface area (TPSA) is 121 Å². The van der Waals surface area contributed by atoms with E-state index in [2.05, 4.69) is 20.5 Å². The number of aliphatic hydroxyl groups is 1. The van der Waals surface area contributed by atoms with E-state index in [0.717, 1.165) is 21.7 Å². The summed E-state index contributed by atoms with van der Waals surface area (Å²) in [6.07, 6.45) is 4.56. The number of carbonyl (C=O) groups is 1. The number of carboxylic acids is 1. The van der Waals surface area contributed by atoms with Crippen LogP contribution in [0.1, 0.15) is 49.2 Å². The molecule has 0 saturated heterocycles. The number of carboxylic acid groups (broad SMARTS) is 1. The number of thiazole rings is 1. The molecule has 3 heterocycles. The SMILES string of the molecule is Cc1cnnc(Nc2cc(C)cc(-c3cnc([C@]4(O)CC[C@@H](C(=O)O)C(C)(C)C4)s3)n2)c1. The Bertz CT molecular complexity index is 1160. The van der Waals surface area contributed by atoms with Gasteiger partial charge in [0.25, 0.3) is 0 Å². The molecule has 1 fully saturated rings. The van der Waals surface area contributed by atoms with Gasteiger partial charge in [0, 0.05) is 6.20 Å². The zero-order chi connectivity index (χ0) is 23.1. The molecule has 4 rings (SSSR count). The molecule has 0 aromatic carbocycles. The van der Waals surface area contributed by atoms with Crippen molar-refractivity contribution in [1.29, 1.82) is 0 Å². The predicted octanol–water partition coefficient (Wildman–Crippen LogP) is 4.45. The van der Waals surface area contributed by atoms with E-state index in [1.54, 1.807) is 12.4 Å². The van der Waals surface area contributed by atoms with E-state index in [4.69, 9.17) is 4.98 Å². The number of hydrogen-bond donors (Lipinski definition) is 3. The first-order chi connectivity index (χ1) is 15.1. The lowest BCUT2D eigenvalue weighted by molar-refractivity contribution is -0.154. The minimum absolute atomic E-state index is 0.351. The molecule has 0 amide bonds. The number of aromatic nitrogens is 4. The van der Waals surface area contributed by atoms with E-state index in [9.17, 15) is 15.0 Å². The maximum Gasteiger partial charge on any atom is 0.307 e. The Morgan fingerprint density at radius 2 is 1.91 bits per heavy atom. The van der Waals surface area contributed by atoms with Crippen molar-refractivity contribution in [3.8, 4) is 10.6 Å². The van der Waals surface area contributed by atoms with E-state index in [-0.39, 0.29) is 0 Å². The minimum atomic E-state index is -1.14. The Kier molecular flexibility index (Phi) is 5.72. The molecule has 0 aliphatic heterocycles. The first-order valence-electron chi connectivity index (χ1n) is 10.5. The Morgan fingerprint density at radius 3 is 2.59 bits per heavy atom. The monoisotopic (exact) mass is 453 g/mol. The lowest BCUT2D eigenvalue weighted by Gasteiger charge is -2.44. The number of nitrogens with one attached hydrogen (secondary N) is 1. The van der Waals surface area contributed by atoms with Crippen molar-refractivity contribution < 1.29 is 15.0 Å². The van der Waals surface area contributed by atoms with Gasteiger partial charge in [-0.25, -0.2) is 9.97 Å². The average molecular weight is 454 g/mol. The van der Waals surface area contributed by atoms with Gasteiger partial charge in [0.1, 0.15) is 16.4 Å². The molecule has 3 aromatic heterocycles. The standard InChI is InChI=1S/C23H27N5O3S/c1-13-7-16(26-18(8-13)27-19-9-14(2)10-25-28-19)17-11-24-21(32-17)23(31)6-5-15(20(29)30)22(3,4)12-23/h7-11,15,31H,5-6,12H2,1-4H3,(H,29,30)(H,26,27,28)/t15-,23-/m0/s1. The smallest absolute Gasteiger partial charge is 0.307 e. The van der Waals surface area contributed by atoms with Crippen molar-refractivity contribution in [2.75, 3.05) is 5.32 Å². The van der Waals surface area contributed by atoms with Gasteiger partial charge in [-0.2, -0.15) is 5.10 Å².